The third-order valence-electron chi connectivity index (χ3n) is 4.22. The lowest BCUT2D eigenvalue weighted by molar-refractivity contribution is 0.0577. The Hall–Kier alpha value is -0.830. The van der Waals surface area contributed by atoms with Crippen molar-refractivity contribution in [2.75, 3.05) is 0 Å². The van der Waals surface area contributed by atoms with Gasteiger partial charge in [0.15, 0.2) is 0 Å². The van der Waals surface area contributed by atoms with Crippen LogP contribution in [0, 0.1) is 0 Å². The summed E-state index contributed by atoms with van der Waals surface area (Å²) in [6.45, 7) is 1.83. The standard InChI is InChI=1S/C18H18BrClO/c1-18(21,16-8-7-15(19)10-17(16)20)11-12-5-6-13-3-2-4-14(13)9-12/h5-10,21H,2-4,11H2,1H3. The Morgan fingerprint density at radius 2 is 1.90 bits per heavy atom. The molecule has 0 heterocycles. The number of aliphatic hydroxyl groups is 1. The molecule has 21 heavy (non-hydrogen) atoms. The van der Waals surface area contributed by atoms with Crippen LogP contribution in [-0.2, 0) is 24.9 Å². The fourth-order valence-electron chi connectivity index (χ4n) is 3.15. The molecule has 0 aliphatic heterocycles. The topological polar surface area (TPSA) is 20.2 Å². The predicted octanol–water partition coefficient (Wildman–Crippen LogP) is 5.04. The van der Waals surface area contributed by atoms with E-state index < -0.39 is 5.60 Å². The molecular formula is C18H18BrClO. The van der Waals surface area contributed by atoms with Crippen LogP contribution in [0.2, 0.25) is 5.02 Å². The lowest BCUT2D eigenvalue weighted by Crippen LogP contribution is -2.24. The number of hydrogen-bond donors (Lipinski definition) is 1. The number of halogens is 2. The van der Waals surface area contributed by atoms with Gasteiger partial charge < -0.3 is 5.11 Å². The summed E-state index contributed by atoms with van der Waals surface area (Å²) < 4.78 is 0.921. The molecule has 0 amide bonds. The van der Waals surface area contributed by atoms with Crippen molar-refractivity contribution >= 4 is 27.5 Å². The molecule has 0 fully saturated rings. The van der Waals surface area contributed by atoms with Gasteiger partial charge in [-0.2, -0.15) is 0 Å². The molecular weight excluding hydrogens is 348 g/mol. The summed E-state index contributed by atoms with van der Waals surface area (Å²) in [4.78, 5) is 0. The van der Waals surface area contributed by atoms with Gasteiger partial charge in [-0.1, -0.05) is 51.8 Å². The van der Waals surface area contributed by atoms with Gasteiger partial charge in [-0.05, 0) is 55.0 Å². The van der Waals surface area contributed by atoms with Crippen LogP contribution in [0.4, 0.5) is 0 Å². The molecule has 110 valence electrons. The van der Waals surface area contributed by atoms with E-state index in [1.54, 1.807) is 0 Å². The van der Waals surface area contributed by atoms with E-state index in [0.29, 0.717) is 11.4 Å². The van der Waals surface area contributed by atoms with E-state index in [1.165, 1.54) is 29.5 Å². The molecule has 0 saturated carbocycles. The summed E-state index contributed by atoms with van der Waals surface area (Å²) >= 11 is 9.68. The minimum atomic E-state index is -0.968. The Bertz CT molecular complexity index is 679. The number of rotatable bonds is 3. The van der Waals surface area contributed by atoms with Crippen LogP contribution < -0.4 is 0 Å². The van der Waals surface area contributed by atoms with Gasteiger partial charge in [0, 0.05) is 21.5 Å². The van der Waals surface area contributed by atoms with Crippen molar-refractivity contribution in [1.29, 1.82) is 0 Å². The molecule has 1 aliphatic rings. The quantitative estimate of drug-likeness (QED) is 0.807. The Kier molecular flexibility index (Phi) is 4.13. The maximum absolute atomic E-state index is 10.9. The fraction of sp³-hybridized carbons (Fsp3) is 0.333. The van der Waals surface area contributed by atoms with Gasteiger partial charge >= 0.3 is 0 Å². The van der Waals surface area contributed by atoms with Crippen molar-refractivity contribution in [3.8, 4) is 0 Å². The molecule has 0 bridgehead atoms. The summed E-state index contributed by atoms with van der Waals surface area (Å²) in [6.07, 6.45) is 4.16. The Balaban J connectivity index is 1.88. The van der Waals surface area contributed by atoms with Gasteiger partial charge in [0.25, 0.3) is 0 Å². The van der Waals surface area contributed by atoms with E-state index in [2.05, 4.69) is 34.1 Å². The lowest BCUT2D eigenvalue weighted by Gasteiger charge is -2.25. The number of hydrogen-bond acceptors (Lipinski definition) is 1. The first-order valence-electron chi connectivity index (χ1n) is 7.24. The molecule has 0 radical (unpaired) electrons. The van der Waals surface area contributed by atoms with Crippen molar-refractivity contribution < 1.29 is 5.11 Å². The van der Waals surface area contributed by atoms with Crippen LogP contribution in [0.5, 0.6) is 0 Å². The zero-order valence-corrected chi connectivity index (χ0v) is 14.3. The van der Waals surface area contributed by atoms with Gasteiger partial charge in [-0.25, -0.2) is 0 Å². The summed E-state index contributed by atoms with van der Waals surface area (Å²) in [6, 6.07) is 12.2. The van der Waals surface area contributed by atoms with E-state index in [1.807, 2.05) is 25.1 Å². The third-order valence-corrected chi connectivity index (χ3v) is 5.03. The molecule has 1 atom stereocenters. The van der Waals surface area contributed by atoms with Gasteiger partial charge in [0.05, 0.1) is 5.60 Å². The average Bonchev–Trinajstić information content (AvgIpc) is 2.85. The zero-order valence-electron chi connectivity index (χ0n) is 12.0. The molecule has 1 nitrogen and oxygen atoms in total. The molecule has 3 rings (SSSR count). The summed E-state index contributed by atoms with van der Waals surface area (Å²) in [5.74, 6) is 0. The van der Waals surface area contributed by atoms with Crippen LogP contribution in [-0.4, -0.2) is 5.11 Å². The average molecular weight is 366 g/mol. The number of benzene rings is 2. The normalized spacial score (nSPS) is 16.6. The molecule has 1 N–H and O–H groups in total. The van der Waals surface area contributed by atoms with Crippen LogP contribution in [0.1, 0.15) is 35.6 Å². The largest absolute Gasteiger partial charge is 0.385 e. The van der Waals surface area contributed by atoms with Crippen molar-refractivity contribution in [1.82, 2.24) is 0 Å². The molecule has 0 spiro atoms. The van der Waals surface area contributed by atoms with Gasteiger partial charge in [0.2, 0.25) is 0 Å². The van der Waals surface area contributed by atoms with Gasteiger partial charge in [0.1, 0.15) is 0 Å². The second kappa shape index (κ2) is 5.75. The van der Waals surface area contributed by atoms with Crippen molar-refractivity contribution in [2.24, 2.45) is 0 Å². The van der Waals surface area contributed by atoms with E-state index in [9.17, 15) is 5.11 Å². The minimum absolute atomic E-state index is 0.571. The Morgan fingerprint density at radius 3 is 2.67 bits per heavy atom. The SMILES string of the molecule is CC(O)(Cc1ccc2c(c1)CCC2)c1ccc(Br)cc1Cl. The smallest absolute Gasteiger partial charge is 0.0923 e. The maximum atomic E-state index is 10.9. The molecule has 0 aromatic heterocycles. The van der Waals surface area contributed by atoms with Gasteiger partial charge in [-0.3, -0.25) is 0 Å². The zero-order chi connectivity index (χ0) is 15.0. The van der Waals surface area contributed by atoms with E-state index in [0.717, 1.165) is 16.5 Å². The van der Waals surface area contributed by atoms with E-state index in [-0.39, 0.29) is 0 Å². The molecule has 3 heteroatoms. The molecule has 0 saturated heterocycles. The van der Waals surface area contributed by atoms with Crippen LogP contribution >= 0.6 is 27.5 Å². The fourth-order valence-corrected chi connectivity index (χ4v) is 4.03. The van der Waals surface area contributed by atoms with Crippen LogP contribution in [0.15, 0.2) is 40.9 Å². The summed E-state index contributed by atoms with van der Waals surface area (Å²) in [7, 11) is 0. The maximum Gasteiger partial charge on any atom is 0.0923 e. The highest BCUT2D eigenvalue weighted by Gasteiger charge is 2.26. The van der Waals surface area contributed by atoms with E-state index >= 15 is 0 Å². The van der Waals surface area contributed by atoms with Crippen molar-refractivity contribution in [3.63, 3.8) is 0 Å². The second-order valence-electron chi connectivity index (χ2n) is 6.03. The highest BCUT2D eigenvalue weighted by atomic mass is 79.9. The predicted molar refractivity (Wildman–Crippen MR) is 90.9 cm³/mol. The first kappa shape index (κ1) is 15.1. The first-order chi connectivity index (χ1) is 9.95. The third kappa shape index (κ3) is 3.18. The van der Waals surface area contributed by atoms with Gasteiger partial charge in [-0.15, -0.1) is 0 Å². The summed E-state index contributed by atoms with van der Waals surface area (Å²) in [5.41, 5.74) is 3.86. The van der Waals surface area contributed by atoms with Crippen molar-refractivity contribution in [2.45, 2.75) is 38.2 Å². The molecule has 1 unspecified atom stereocenters. The molecule has 2 aromatic rings. The lowest BCUT2D eigenvalue weighted by atomic mass is 9.88. The number of aryl methyl sites for hydroxylation is 2. The van der Waals surface area contributed by atoms with Crippen LogP contribution in [0.25, 0.3) is 0 Å². The Labute approximate surface area is 139 Å². The highest BCUT2D eigenvalue weighted by Crippen LogP contribution is 2.34. The van der Waals surface area contributed by atoms with E-state index in [4.69, 9.17) is 11.6 Å². The second-order valence-corrected chi connectivity index (χ2v) is 7.35. The van der Waals surface area contributed by atoms with Crippen LogP contribution in [0.3, 0.4) is 0 Å². The highest BCUT2D eigenvalue weighted by molar-refractivity contribution is 9.10. The Morgan fingerprint density at radius 1 is 1.14 bits per heavy atom. The summed E-state index contributed by atoms with van der Waals surface area (Å²) in [5, 5.41) is 11.5. The monoisotopic (exact) mass is 364 g/mol. The number of fused-ring (bicyclic) bond motifs is 1. The van der Waals surface area contributed by atoms with Crippen molar-refractivity contribution in [3.05, 3.63) is 68.1 Å². The molecule has 1 aliphatic carbocycles. The molecule has 2 aromatic carbocycles. The first-order valence-corrected chi connectivity index (χ1v) is 8.41. The minimum Gasteiger partial charge on any atom is -0.385 e.